The van der Waals surface area contributed by atoms with Crippen LogP contribution < -0.4 is 0 Å². The Morgan fingerprint density at radius 2 is 1.83 bits per heavy atom. The molecule has 2 heterocycles. The molecule has 6 nitrogen and oxygen atoms in total. The van der Waals surface area contributed by atoms with E-state index in [1.165, 1.54) is 11.8 Å². The Morgan fingerprint density at radius 1 is 1.10 bits per heavy atom. The van der Waals surface area contributed by atoms with E-state index in [0.29, 0.717) is 11.6 Å². The zero-order valence-electron chi connectivity index (χ0n) is 17.2. The number of amides is 1. The minimum atomic E-state index is -3.04. The number of carbonyl (C=O) groups is 1. The van der Waals surface area contributed by atoms with Gasteiger partial charge in [-0.3, -0.25) is 4.79 Å². The van der Waals surface area contributed by atoms with Crippen LogP contribution in [0.4, 0.5) is 0 Å². The van der Waals surface area contributed by atoms with Crippen LogP contribution in [0.3, 0.4) is 0 Å². The predicted octanol–water partition coefficient (Wildman–Crippen LogP) is 3.50. The second-order valence-corrected chi connectivity index (χ2v) is 11.3. The predicted molar refractivity (Wildman–Crippen MR) is 119 cm³/mol. The maximum Gasteiger partial charge on any atom is 0.233 e. The van der Waals surface area contributed by atoms with Crippen LogP contribution in [0, 0.1) is 6.92 Å². The molecule has 2 fully saturated rings. The Bertz CT molecular complexity index is 1010. The van der Waals surface area contributed by atoms with Gasteiger partial charge in [0.15, 0.2) is 15.0 Å². The zero-order chi connectivity index (χ0) is 21.1. The number of carbonyl (C=O) groups excluding carboxylic acids is 1. The Hall–Kier alpha value is -1.93. The van der Waals surface area contributed by atoms with E-state index in [0.717, 1.165) is 42.6 Å². The quantitative estimate of drug-likeness (QED) is 0.500. The van der Waals surface area contributed by atoms with Crippen molar-refractivity contribution in [2.75, 3.05) is 17.3 Å². The Labute approximate surface area is 182 Å². The molecule has 0 spiro atoms. The van der Waals surface area contributed by atoms with Gasteiger partial charge in [0.2, 0.25) is 5.91 Å². The molecule has 1 aromatic heterocycles. The van der Waals surface area contributed by atoms with Crippen molar-refractivity contribution in [3.8, 4) is 11.3 Å². The lowest BCUT2D eigenvalue weighted by atomic mass is 10.1. The summed E-state index contributed by atoms with van der Waals surface area (Å²) in [6.07, 6.45) is 4.68. The van der Waals surface area contributed by atoms with Gasteiger partial charge in [-0.05, 0) is 32.3 Å². The third-order valence-electron chi connectivity index (χ3n) is 5.84. The summed E-state index contributed by atoms with van der Waals surface area (Å²) in [5.74, 6) is 0.507. The fraction of sp³-hybridized carbons (Fsp3) is 0.500. The number of nitrogens with zero attached hydrogens (tertiary/aromatic N) is 3. The van der Waals surface area contributed by atoms with Gasteiger partial charge < -0.3 is 4.90 Å². The summed E-state index contributed by atoms with van der Waals surface area (Å²) in [7, 11) is -3.04. The lowest BCUT2D eigenvalue weighted by Crippen LogP contribution is -2.47. The molecule has 2 aromatic rings. The van der Waals surface area contributed by atoms with Gasteiger partial charge in [-0.2, -0.15) is 0 Å². The minimum Gasteiger partial charge on any atom is -0.335 e. The molecule has 1 saturated carbocycles. The average Bonchev–Trinajstić information content (AvgIpc) is 3.37. The fourth-order valence-corrected chi connectivity index (χ4v) is 6.93. The van der Waals surface area contributed by atoms with Crippen LogP contribution >= 0.6 is 11.8 Å². The van der Waals surface area contributed by atoms with Crippen molar-refractivity contribution in [1.29, 1.82) is 0 Å². The number of sulfone groups is 1. The largest absolute Gasteiger partial charge is 0.335 e. The van der Waals surface area contributed by atoms with E-state index in [4.69, 9.17) is 0 Å². The minimum absolute atomic E-state index is 0.000340. The molecule has 0 bridgehead atoms. The molecule has 1 saturated heterocycles. The highest BCUT2D eigenvalue weighted by Gasteiger charge is 2.38. The molecule has 1 aliphatic carbocycles. The van der Waals surface area contributed by atoms with Crippen LogP contribution in [0.15, 0.2) is 41.6 Å². The zero-order valence-corrected chi connectivity index (χ0v) is 18.8. The summed E-state index contributed by atoms with van der Waals surface area (Å²) < 4.78 is 24.0. The van der Waals surface area contributed by atoms with Gasteiger partial charge in [0.25, 0.3) is 0 Å². The summed E-state index contributed by atoms with van der Waals surface area (Å²) in [4.78, 5) is 24.2. The molecule has 4 rings (SSSR count). The highest BCUT2D eigenvalue weighted by atomic mass is 32.2. The van der Waals surface area contributed by atoms with E-state index in [1.807, 2.05) is 48.2 Å². The highest BCUT2D eigenvalue weighted by molar-refractivity contribution is 7.99. The third-order valence-corrected chi connectivity index (χ3v) is 8.42. The van der Waals surface area contributed by atoms with E-state index in [1.54, 1.807) is 0 Å². The van der Waals surface area contributed by atoms with Crippen molar-refractivity contribution >= 4 is 27.5 Å². The molecule has 1 unspecified atom stereocenters. The van der Waals surface area contributed by atoms with Gasteiger partial charge in [0.1, 0.15) is 0 Å². The molecule has 30 heavy (non-hydrogen) atoms. The molecule has 1 aliphatic heterocycles. The van der Waals surface area contributed by atoms with Crippen LogP contribution in [-0.2, 0) is 14.6 Å². The van der Waals surface area contributed by atoms with Crippen molar-refractivity contribution in [3.63, 3.8) is 0 Å². The lowest BCUT2D eigenvalue weighted by Gasteiger charge is -2.34. The Morgan fingerprint density at radius 3 is 2.50 bits per heavy atom. The van der Waals surface area contributed by atoms with Crippen molar-refractivity contribution in [1.82, 2.24) is 14.9 Å². The maximum atomic E-state index is 13.2. The Kier molecular flexibility index (Phi) is 6.43. The number of hydrogen-bond donors (Lipinski definition) is 0. The topological polar surface area (TPSA) is 80.2 Å². The van der Waals surface area contributed by atoms with Crippen LogP contribution in [0.1, 0.15) is 37.8 Å². The summed E-state index contributed by atoms with van der Waals surface area (Å²) in [5, 5.41) is 0.576. The summed E-state index contributed by atoms with van der Waals surface area (Å²) >= 11 is 1.33. The number of aryl methyl sites for hydroxylation is 1. The number of rotatable bonds is 6. The molecule has 1 aromatic carbocycles. The van der Waals surface area contributed by atoms with Gasteiger partial charge in [-0.15, -0.1) is 0 Å². The van der Waals surface area contributed by atoms with Gasteiger partial charge in [-0.25, -0.2) is 18.4 Å². The summed E-state index contributed by atoms with van der Waals surface area (Å²) in [6.45, 7) is 1.92. The molecular formula is C22H27N3O3S2. The third kappa shape index (κ3) is 5.03. The molecule has 2 aliphatic rings. The molecule has 8 heteroatoms. The smallest absolute Gasteiger partial charge is 0.233 e. The van der Waals surface area contributed by atoms with Crippen LogP contribution in [0.5, 0.6) is 0 Å². The van der Waals surface area contributed by atoms with E-state index in [-0.39, 0.29) is 35.2 Å². The fourth-order valence-electron chi connectivity index (χ4n) is 4.45. The average molecular weight is 446 g/mol. The van der Waals surface area contributed by atoms with Gasteiger partial charge in [0, 0.05) is 23.3 Å². The van der Waals surface area contributed by atoms with Crippen molar-refractivity contribution in [3.05, 3.63) is 42.1 Å². The second kappa shape index (κ2) is 9.06. The van der Waals surface area contributed by atoms with E-state index in [2.05, 4.69) is 9.97 Å². The molecule has 0 radical (unpaired) electrons. The van der Waals surface area contributed by atoms with Gasteiger partial charge >= 0.3 is 0 Å². The highest BCUT2D eigenvalue weighted by Crippen LogP contribution is 2.30. The number of benzene rings is 1. The van der Waals surface area contributed by atoms with Crippen molar-refractivity contribution < 1.29 is 13.2 Å². The molecule has 0 N–H and O–H groups in total. The summed E-state index contributed by atoms with van der Waals surface area (Å²) in [5.41, 5.74) is 2.71. The first-order valence-corrected chi connectivity index (χ1v) is 13.3. The molecule has 160 valence electrons. The van der Waals surface area contributed by atoms with E-state index >= 15 is 0 Å². The standard InChI is InChI=1S/C22H27N3O3S2/c1-16-13-20(17-7-3-2-4-8-17)24-22(23-16)29-14-21(26)25(18-9-5-6-10-18)19-11-12-30(27,28)15-19/h2-4,7-8,13,18-19H,5-6,9-12,14-15H2,1H3. The molecule has 1 amide bonds. The van der Waals surface area contributed by atoms with Crippen molar-refractivity contribution in [2.24, 2.45) is 0 Å². The monoisotopic (exact) mass is 445 g/mol. The van der Waals surface area contributed by atoms with E-state index in [9.17, 15) is 13.2 Å². The number of thioether (sulfide) groups is 1. The van der Waals surface area contributed by atoms with Crippen LogP contribution in [0.2, 0.25) is 0 Å². The van der Waals surface area contributed by atoms with Gasteiger partial charge in [0.05, 0.1) is 23.0 Å². The first-order chi connectivity index (χ1) is 14.4. The maximum absolute atomic E-state index is 13.2. The normalized spacial score (nSPS) is 21.0. The Balaban J connectivity index is 1.49. The first kappa shape index (κ1) is 21.3. The second-order valence-electron chi connectivity index (χ2n) is 8.13. The number of hydrogen-bond acceptors (Lipinski definition) is 6. The first-order valence-electron chi connectivity index (χ1n) is 10.5. The van der Waals surface area contributed by atoms with Crippen LogP contribution in [-0.4, -0.2) is 58.5 Å². The van der Waals surface area contributed by atoms with E-state index < -0.39 is 9.84 Å². The van der Waals surface area contributed by atoms with Crippen LogP contribution in [0.25, 0.3) is 11.3 Å². The number of aromatic nitrogens is 2. The summed E-state index contributed by atoms with van der Waals surface area (Å²) in [6, 6.07) is 11.8. The molecular weight excluding hydrogens is 418 g/mol. The van der Waals surface area contributed by atoms with Gasteiger partial charge in [-0.1, -0.05) is 54.9 Å². The SMILES string of the molecule is Cc1cc(-c2ccccc2)nc(SCC(=O)N(C2CCCC2)C2CCS(=O)(=O)C2)n1. The lowest BCUT2D eigenvalue weighted by molar-refractivity contribution is -0.132. The van der Waals surface area contributed by atoms with Crippen molar-refractivity contribution in [2.45, 2.75) is 56.3 Å². The molecule has 1 atom stereocenters.